The zero-order valence-electron chi connectivity index (χ0n) is 15.4. The van der Waals surface area contributed by atoms with Crippen molar-refractivity contribution in [1.82, 2.24) is 19.8 Å². The van der Waals surface area contributed by atoms with Gasteiger partial charge in [-0.05, 0) is 26.6 Å². The van der Waals surface area contributed by atoms with Gasteiger partial charge in [0.15, 0.2) is 0 Å². The summed E-state index contributed by atoms with van der Waals surface area (Å²) in [4.78, 5) is 18.6. The number of likely N-dealkylation sites (N-methyl/N-ethyl adjacent to an activating group) is 1. The van der Waals surface area contributed by atoms with Crippen molar-refractivity contribution in [3.05, 3.63) is 53.9 Å². The molecule has 2 aromatic rings. The Kier molecular flexibility index (Phi) is 6.70. The van der Waals surface area contributed by atoms with Gasteiger partial charge >= 0.3 is 0 Å². The molecule has 1 N–H and O–H groups in total. The SMILES string of the molecule is CC(C)c1nccn1CCCNC(=O)C(c1ccccc1F)N(C)C. The van der Waals surface area contributed by atoms with E-state index in [1.807, 2.05) is 6.20 Å². The summed E-state index contributed by atoms with van der Waals surface area (Å²) >= 11 is 0. The van der Waals surface area contributed by atoms with E-state index in [9.17, 15) is 9.18 Å². The predicted octanol–water partition coefficient (Wildman–Crippen LogP) is 2.95. The van der Waals surface area contributed by atoms with Gasteiger partial charge in [0.1, 0.15) is 17.7 Å². The number of aryl methyl sites for hydroxylation is 1. The number of carbonyl (C=O) groups is 1. The van der Waals surface area contributed by atoms with Gasteiger partial charge in [-0.1, -0.05) is 32.0 Å². The molecule has 1 heterocycles. The number of rotatable bonds is 8. The van der Waals surface area contributed by atoms with Crippen LogP contribution in [-0.4, -0.2) is 41.0 Å². The maximum atomic E-state index is 14.0. The molecular formula is C19H27FN4O. The second kappa shape index (κ2) is 8.76. The Hall–Kier alpha value is -2.21. The number of hydrogen-bond acceptors (Lipinski definition) is 3. The van der Waals surface area contributed by atoms with Crippen LogP contribution < -0.4 is 5.32 Å². The number of nitrogens with zero attached hydrogens (tertiary/aromatic N) is 3. The molecule has 0 aliphatic rings. The number of hydrogen-bond donors (Lipinski definition) is 1. The molecule has 0 saturated carbocycles. The minimum Gasteiger partial charge on any atom is -0.354 e. The summed E-state index contributed by atoms with van der Waals surface area (Å²) in [6.07, 6.45) is 4.55. The third-order valence-corrected chi connectivity index (χ3v) is 4.10. The molecule has 136 valence electrons. The van der Waals surface area contributed by atoms with Crippen molar-refractivity contribution in [1.29, 1.82) is 0 Å². The second-order valence-electron chi connectivity index (χ2n) is 6.67. The molecule has 1 atom stereocenters. The molecule has 0 spiro atoms. The number of benzene rings is 1. The van der Waals surface area contributed by atoms with Crippen molar-refractivity contribution in [2.24, 2.45) is 0 Å². The molecule has 25 heavy (non-hydrogen) atoms. The Morgan fingerprint density at radius 3 is 2.68 bits per heavy atom. The van der Waals surface area contributed by atoms with Gasteiger partial charge in [0, 0.05) is 37.0 Å². The van der Waals surface area contributed by atoms with Crippen molar-refractivity contribution in [3.63, 3.8) is 0 Å². The van der Waals surface area contributed by atoms with Crippen LogP contribution in [0.15, 0.2) is 36.7 Å². The molecule has 0 bridgehead atoms. The molecule has 0 aliphatic carbocycles. The van der Waals surface area contributed by atoms with E-state index in [1.165, 1.54) is 6.07 Å². The van der Waals surface area contributed by atoms with Crippen LogP contribution in [0.25, 0.3) is 0 Å². The molecule has 6 heteroatoms. The summed E-state index contributed by atoms with van der Waals surface area (Å²) in [5.41, 5.74) is 0.390. The van der Waals surface area contributed by atoms with Crippen LogP contribution >= 0.6 is 0 Å². The van der Waals surface area contributed by atoms with Crippen LogP contribution in [0, 0.1) is 5.82 Å². The Balaban J connectivity index is 1.92. The van der Waals surface area contributed by atoms with Gasteiger partial charge < -0.3 is 9.88 Å². The largest absolute Gasteiger partial charge is 0.354 e. The molecule has 0 fully saturated rings. The summed E-state index contributed by atoms with van der Waals surface area (Å²) in [6, 6.07) is 5.77. The van der Waals surface area contributed by atoms with Gasteiger partial charge in [-0.3, -0.25) is 9.69 Å². The van der Waals surface area contributed by atoms with E-state index in [-0.39, 0.29) is 11.7 Å². The third kappa shape index (κ3) is 4.89. The lowest BCUT2D eigenvalue weighted by atomic mass is 10.0. The van der Waals surface area contributed by atoms with Crippen LogP contribution in [0.1, 0.15) is 43.6 Å². The smallest absolute Gasteiger partial charge is 0.242 e. The van der Waals surface area contributed by atoms with E-state index >= 15 is 0 Å². The maximum absolute atomic E-state index is 14.0. The lowest BCUT2D eigenvalue weighted by Gasteiger charge is -2.24. The monoisotopic (exact) mass is 346 g/mol. The molecule has 5 nitrogen and oxygen atoms in total. The van der Waals surface area contributed by atoms with Crippen LogP contribution in [0.5, 0.6) is 0 Å². The minimum atomic E-state index is -0.638. The van der Waals surface area contributed by atoms with Crippen molar-refractivity contribution in [2.45, 2.75) is 38.8 Å². The summed E-state index contributed by atoms with van der Waals surface area (Å²) in [5.74, 6) is 0.855. The van der Waals surface area contributed by atoms with Crippen LogP contribution in [0.4, 0.5) is 4.39 Å². The highest BCUT2D eigenvalue weighted by molar-refractivity contribution is 5.83. The quantitative estimate of drug-likeness (QED) is 0.748. The Morgan fingerprint density at radius 1 is 1.32 bits per heavy atom. The molecule has 0 radical (unpaired) electrons. The topological polar surface area (TPSA) is 50.2 Å². The van der Waals surface area contributed by atoms with Gasteiger partial charge in [-0.25, -0.2) is 9.37 Å². The first kappa shape index (κ1) is 19.1. The van der Waals surface area contributed by atoms with Crippen molar-refractivity contribution in [3.8, 4) is 0 Å². The fourth-order valence-electron chi connectivity index (χ4n) is 2.92. The van der Waals surface area contributed by atoms with E-state index < -0.39 is 6.04 Å². The number of carbonyl (C=O) groups excluding carboxylic acids is 1. The average Bonchev–Trinajstić information content (AvgIpc) is 3.02. The first-order valence-electron chi connectivity index (χ1n) is 8.61. The molecule has 1 amide bonds. The van der Waals surface area contributed by atoms with Gasteiger partial charge in [-0.15, -0.1) is 0 Å². The first-order valence-corrected chi connectivity index (χ1v) is 8.61. The minimum absolute atomic E-state index is 0.190. The fourth-order valence-corrected chi connectivity index (χ4v) is 2.92. The Labute approximate surface area is 148 Å². The van der Waals surface area contributed by atoms with Crippen molar-refractivity contribution in [2.75, 3.05) is 20.6 Å². The first-order chi connectivity index (χ1) is 11.9. The van der Waals surface area contributed by atoms with E-state index in [0.29, 0.717) is 18.0 Å². The average molecular weight is 346 g/mol. The number of nitrogens with one attached hydrogen (secondary N) is 1. The summed E-state index contributed by atoms with van der Waals surface area (Å²) in [6.45, 7) is 5.54. The summed E-state index contributed by atoms with van der Waals surface area (Å²) in [7, 11) is 3.55. The fraction of sp³-hybridized carbons (Fsp3) is 0.474. The molecule has 0 saturated heterocycles. The van der Waals surface area contributed by atoms with Crippen molar-refractivity contribution >= 4 is 5.91 Å². The zero-order chi connectivity index (χ0) is 18.4. The van der Waals surface area contributed by atoms with Crippen LogP contribution in [0.3, 0.4) is 0 Å². The molecular weight excluding hydrogens is 319 g/mol. The molecule has 1 aromatic heterocycles. The Morgan fingerprint density at radius 2 is 2.04 bits per heavy atom. The summed E-state index contributed by atoms with van der Waals surface area (Å²) in [5, 5.41) is 2.92. The highest BCUT2D eigenvalue weighted by atomic mass is 19.1. The van der Waals surface area contributed by atoms with Gasteiger partial charge in [-0.2, -0.15) is 0 Å². The van der Waals surface area contributed by atoms with E-state index in [0.717, 1.165) is 18.8 Å². The van der Waals surface area contributed by atoms with Crippen molar-refractivity contribution < 1.29 is 9.18 Å². The highest BCUT2D eigenvalue weighted by Gasteiger charge is 2.25. The molecule has 0 aliphatic heterocycles. The Bertz CT molecular complexity index is 696. The number of amides is 1. The molecule has 1 aromatic carbocycles. The van der Waals surface area contributed by atoms with Gasteiger partial charge in [0.25, 0.3) is 0 Å². The highest BCUT2D eigenvalue weighted by Crippen LogP contribution is 2.21. The molecule has 2 rings (SSSR count). The van der Waals surface area contributed by atoms with Crippen LogP contribution in [0.2, 0.25) is 0 Å². The van der Waals surface area contributed by atoms with Gasteiger partial charge in [0.05, 0.1) is 0 Å². The van der Waals surface area contributed by atoms with Crippen LogP contribution in [-0.2, 0) is 11.3 Å². The maximum Gasteiger partial charge on any atom is 0.242 e. The lowest BCUT2D eigenvalue weighted by Crippen LogP contribution is -2.38. The van der Waals surface area contributed by atoms with E-state index in [4.69, 9.17) is 0 Å². The second-order valence-corrected chi connectivity index (χ2v) is 6.67. The zero-order valence-corrected chi connectivity index (χ0v) is 15.4. The third-order valence-electron chi connectivity index (χ3n) is 4.10. The van der Waals surface area contributed by atoms with E-state index in [2.05, 4.69) is 28.7 Å². The molecule has 1 unspecified atom stereocenters. The number of imidazole rings is 1. The predicted molar refractivity (Wildman–Crippen MR) is 96.8 cm³/mol. The number of halogens is 1. The van der Waals surface area contributed by atoms with Gasteiger partial charge in [0.2, 0.25) is 5.91 Å². The van der Waals surface area contributed by atoms with E-state index in [1.54, 1.807) is 43.4 Å². The normalized spacial score (nSPS) is 12.6. The number of aromatic nitrogens is 2. The standard InChI is InChI=1S/C19H27FN4O/c1-14(2)18-21-11-13-24(18)12-7-10-22-19(25)17(23(3)4)15-8-5-6-9-16(15)20/h5-6,8-9,11,13-14,17H,7,10,12H2,1-4H3,(H,22,25). The lowest BCUT2D eigenvalue weighted by molar-refractivity contribution is -0.125. The summed E-state index contributed by atoms with van der Waals surface area (Å²) < 4.78 is 16.1.